The molecule has 1 unspecified atom stereocenters. The van der Waals surface area contributed by atoms with Gasteiger partial charge in [-0.15, -0.1) is 0 Å². The van der Waals surface area contributed by atoms with Crippen LogP contribution in [0.2, 0.25) is 0 Å². The van der Waals surface area contributed by atoms with Crippen LogP contribution in [0.15, 0.2) is 71.9 Å². The van der Waals surface area contributed by atoms with E-state index in [4.69, 9.17) is 4.74 Å². The Morgan fingerprint density at radius 2 is 1.56 bits per heavy atom. The van der Waals surface area contributed by atoms with Crippen LogP contribution >= 0.6 is 0 Å². The maximum absolute atomic E-state index is 13.9. The van der Waals surface area contributed by atoms with Gasteiger partial charge in [0.25, 0.3) is 5.91 Å². The second-order valence-corrected chi connectivity index (χ2v) is 8.58. The number of carbonyl (C=O) groups is 2. The van der Waals surface area contributed by atoms with Gasteiger partial charge in [0.05, 0.1) is 12.7 Å². The Morgan fingerprint density at radius 3 is 2.15 bits per heavy atom. The highest BCUT2D eigenvalue weighted by Crippen LogP contribution is 2.37. The molecule has 0 saturated carbocycles. The number of aromatic nitrogens is 2. The second-order valence-electron chi connectivity index (χ2n) is 8.58. The van der Waals surface area contributed by atoms with Crippen LogP contribution < -0.4 is 10.2 Å². The topological polar surface area (TPSA) is 79.7 Å². The first kappa shape index (κ1) is 29.4. The normalized spacial score (nSPS) is 16.1. The molecule has 2 aliphatic rings. The van der Waals surface area contributed by atoms with Gasteiger partial charge in [0.2, 0.25) is 0 Å². The number of nitrogens with zero attached hydrogens (tertiary/aromatic N) is 4. The van der Waals surface area contributed by atoms with E-state index in [1.165, 1.54) is 19.2 Å². The van der Waals surface area contributed by atoms with E-state index >= 15 is 0 Å². The molecule has 3 heterocycles. The molecule has 2 aliphatic heterocycles. The van der Waals surface area contributed by atoms with Gasteiger partial charge in [0, 0.05) is 43.6 Å². The molecule has 1 saturated heterocycles. The van der Waals surface area contributed by atoms with Gasteiger partial charge in [-0.05, 0) is 36.8 Å². The summed E-state index contributed by atoms with van der Waals surface area (Å²) >= 11 is 0. The number of allylic oxidation sites excluding steroid dienone is 1. The summed E-state index contributed by atoms with van der Waals surface area (Å²) in [5, 5.41) is 7.73. The van der Waals surface area contributed by atoms with Gasteiger partial charge in [0.15, 0.2) is 5.69 Å². The third-order valence-corrected chi connectivity index (χ3v) is 6.47. The molecule has 39 heavy (non-hydrogen) atoms. The van der Waals surface area contributed by atoms with E-state index in [0.717, 1.165) is 11.3 Å². The Hall–Kier alpha value is -4.14. The van der Waals surface area contributed by atoms with E-state index in [9.17, 15) is 14.0 Å². The van der Waals surface area contributed by atoms with Crippen molar-refractivity contribution in [1.82, 2.24) is 14.7 Å². The number of carbonyl (C=O) groups excluding carboxylic acids is 2. The summed E-state index contributed by atoms with van der Waals surface area (Å²) in [5.74, 6) is -0.268. The third-order valence-electron chi connectivity index (χ3n) is 6.47. The zero-order valence-corrected chi connectivity index (χ0v) is 23.6. The molecule has 0 radical (unpaired) electrons. The lowest BCUT2D eigenvalue weighted by atomic mass is 9.94. The molecule has 0 spiro atoms. The number of benzene rings is 2. The van der Waals surface area contributed by atoms with E-state index in [2.05, 4.69) is 15.3 Å². The van der Waals surface area contributed by atoms with E-state index in [-0.39, 0.29) is 17.4 Å². The Balaban J connectivity index is 0.00000100. The van der Waals surface area contributed by atoms with Crippen LogP contribution in [-0.2, 0) is 9.53 Å². The summed E-state index contributed by atoms with van der Waals surface area (Å²) in [6.45, 7) is 12.2. The van der Waals surface area contributed by atoms with Crippen LogP contribution in [0.5, 0.6) is 0 Å². The van der Waals surface area contributed by atoms with E-state index in [1.54, 1.807) is 22.9 Å². The van der Waals surface area contributed by atoms with Crippen LogP contribution in [0, 0.1) is 5.82 Å². The highest BCUT2D eigenvalue weighted by molar-refractivity contribution is 5.97. The number of halogens is 1. The second kappa shape index (κ2) is 13.6. The predicted molar refractivity (Wildman–Crippen MR) is 152 cm³/mol. The van der Waals surface area contributed by atoms with Gasteiger partial charge < -0.3 is 19.9 Å². The molecule has 5 rings (SSSR count). The lowest BCUT2D eigenvalue weighted by Gasteiger charge is -2.38. The molecule has 1 atom stereocenters. The molecule has 9 heteroatoms. The number of rotatable bonds is 4. The van der Waals surface area contributed by atoms with Crippen LogP contribution in [0.3, 0.4) is 0 Å². The maximum Gasteiger partial charge on any atom is 0.358 e. The fourth-order valence-corrected chi connectivity index (χ4v) is 4.69. The summed E-state index contributed by atoms with van der Waals surface area (Å²) in [6, 6.07) is 17.2. The number of hydrogen-bond acceptors (Lipinski definition) is 6. The van der Waals surface area contributed by atoms with Gasteiger partial charge in [-0.25, -0.2) is 13.9 Å². The monoisotopic (exact) mass is 535 g/mol. The molecule has 1 fully saturated rings. The maximum atomic E-state index is 13.9. The zero-order chi connectivity index (χ0) is 28.5. The number of hydrogen-bond donors (Lipinski definition) is 1. The fourth-order valence-electron chi connectivity index (χ4n) is 4.69. The molecule has 3 aromatic rings. The van der Waals surface area contributed by atoms with Crippen LogP contribution in [0.1, 0.15) is 56.7 Å². The quantitative estimate of drug-likeness (QED) is 0.445. The first-order valence-electron chi connectivity index (χ1n) is 13.5. The van der Waals surface area contributed by atoms with Crippen molar-refractivity contribution >= 4 is 23.4 Å². The van der Waals surface area contributed by atoms with Gasteiger partial charge in [-0.1, -0.05) is 58.0 Å². The van der Waals surface area contributed by atoms with Crippen molar-refractivity contribution in [2.75, 3.05) is 43.5 Å². The van der Waals surface area contributed by atoms with Crippen LogP contribution in [0.4, 0.5) is 15.9 Å². The van der Waals surface area contributed by atoms with Crippen molar-refractivity contribution in [1.29, 1.82) is 0 Å². The zero-order valence-electron chi connectivity index (χ0n) is 23.6. The van der Waals surface area contributed by atoms with Crippen molar-refractivity contribution in [3.63, 3.8) is 0 Å². The number of ether oxygens (including phenoxy) is 1. The number of esters is 1. The van der Waals surface area contributed by atoms with Gasteiger partial charge >= 0.3 is 5.97 Å². The lowest BCUT2D eigenvalue weighted by Crippen LogP contribution is -2.50. The van der Waals surface area contributed by atoms with Crippen LogP contribution in [-0.4, -0.2) is 59.8 Å². The van der Waals surface area contributed by atoms with Crippen LogP contribution in [0.25, 0.3) is 0 Å². The van der Waals surface area contributed by atoms with Gasteiger partial charge in [0.1, 0.15) is 17.7 Å². The summed E-state index contributed by atoms with van der Waals surface area (Å²) in [4.78, 5) is 30.0. The predicted octanol–water partition coefficient (Wildman–Crippen LogP) is 5.50. The smallest absolute Gasteiger partial charge is 0.358 e. The molecule has 1 aromatic heterocycles. The highest BCUT2D eigenvalue weighted by atomic mass is 19.1. The summed E-state index contributed by atoms with van der Waals surface area (Å²) in [6.07, 6.45) is 0. The minimum Gasteiger partial charge on any atom is -0.464 e. The first-order chi connectivity index (χ1) is 19.0. The molecule has 1 N–H and O–H groups in total. The number of amides is 1. The molecule has 0 aliphatic carbocycles. The van der Waals surface area contributed by atoms with Crippen molar-refractivity contribution in [3.8, 4) is 0 Å². The lowest BCUT2D eigenvalue weighted by molar-refractivity contribution is -0.128. The fraction of sp³-hybridized carbons (Fsp3) is 0.367. The molecule has 0 bridgehead atoms. The molecule has 8 nitrogen and oxygen atoms in total. The Labute approximate surface area is 230 Å². The molecule has 1 amide bonds. The number of methoxy groups -OCH3 is 1. The average Bonchev–Trinajstić information content (AvgIpc) is 3.42. The van der Waals surface area contributed by atoms with Crippen molar-refractivity contribution in [2.24, 2.45) is 0 Å². The van der Waals surface area contributed by atoms with Crippen molar-refractivity contribution in [2.45, 2.75) is 40.7 Å². The van der Waals surface area contributed by atoms with Gasteiger partial charge in [-0.2, -0.15) is 5.10 Å². The van der Waals surface area contributed by atoms with E-state index in [0.29, 0.717) is 43.3 Å². The Kier molecular flexibility index (Phi) is 10.3. The average molecular weight is 536 g/mol. The highest BCUT2D eigenvalue weighted by Gasteiger charge is 2.36. The Bertz CT molecular complexity index is 1280. The van der Waals surface area contributed by atoms with E-state index in [1.807, 2.05) is 69.9 Å². The number of piperazine rings is 1. The number of anilines is 2. The minimum absolute atomic E-state index is 0.0802. The summed E-state index contributed by atoms with van der Waals surface area (Å²) in [5.41, 5.74) is 3.30. The number of fused-ring (bicyclic) bond motifs is 1. The SMILES string of the molecule is CC.CC.COC(=O)c1cc2n(n1)C(c1ccccc1)C(C(=O)N1CCN(c3ccc(F)cc3)CC1)=C(C)N2. The number of nitrogens with one attached hydrogen (secondary N) is 1. The van der Waals surface area contributed by atoms with Gasteiger partial charge in [-0.3, -0.25) is 4.79 Å². The molecule has 2 aromatic carbocycles. The summed E-state index contributed by atoms with van der Waals surface area (Å²) < 4.78 is 19.8. The summed E-state index contributed by atoms with van der Waals surface area (Å²) in [7, 11) is 1.31. The van der Waals surface area contributed by atoms with Crippen molar-refractivity contribution < 1.29 is 18.7 Å². The minimum atomic E-state index is -0.539. The van der Waals surface area contributed by atoms with E-state index < -0.39 is 12.0 Å². The molecular weight excluding hydrogens is 497 g/mol. The largest absolute Gasteiger partial charge is 0.464 e. The standard InChI is InChI=1S/C26H26FN5O3.2C2H6/c1-17-23(25(33)31-14-12-30(13-15-31)20-10-8-19(27)9-11-20)24(18-6-4-3-5-7-18)32-22(28-17)16-21(29-32)26(34)35-2;2*1-2/h3-11,16,24,28H,12-15H2,1-2H3;2*1-2H3. The van der Waals surface area contributed by atoms with Crippen molar-refractivity contribution in [3.05, 3.63) is 89.0 Å². The molecule has 208 valence electrons. The molecular formula is C30H38FN5O3. The third kappa shape index (κ3) is 6.30. The first-order valence-corrected chi connectivity index (χ1v) is 13.5. The Morgan fingerprint density at radius 1 is 0.949 bits per heavy atom.